The molecule has 0 amide bonds. The van der Waals surface area contributed by atoms with Gasteiger partial charge in [0, 0.05) is 22.7 Å². The number of hydrogen-bond acceptors (Lipinski definition) is 12. The average Bonchev–Trinajstić information content (AvgIpc) is 2.15. The minimum absolute atomic E-state index is 0.267. The van der Waals surface area contributed by atoms with E-state index >= 15 is 0 Å². The van der Waals surface area contributed by atoms with Crippen LogP contribution >= 0.6 is 0 Å². The number of nitrogens with zero attached hydrogens (tertiary/aromatic N) is 4. The van der Waals surface area contributed by atoms with Crippen molar-refractivity contribution >= 4 is 94.7 Å². The zero-order valence-corrected chi connectivity index (χ0v) is 53.5. The number of anilines is 4. The Balaban J connectivity index is 0.921. The highest BCUT2D eigenvalue weighted by atomic mass is 16.5. The molecule has 0 aromatic heterocycles. The van der Waals surface area contributed by atoms with E-state index in [2.05, 4.69) is 167 Å². The molecule has 4 N–H and O–H groups in total. The van der Waals surface area contributed by atoms with Gasteiger partial charge in [0.2, 0.25) is 11.6 Å². The first-order valence-corrected chi connectivity index (χ1v) is 30.4. The van der Waals surface area contributed by atoms with E-state index in [0.29, 0.717) is 35.0 Å². The van der Waals surface area contributed by atoms with E-state index in [1.807, 2.05) is 180 Å². The monoisotopic (exact) mass is 1190 g/mol. The van der Waals surface area contributed by atoms with Gasteiger partial charge >= 0.3 is 0 Å². The van der Waals surface area contributed by atoms with Crippen molar-refractivity contribution in [3.05, 3.63) is 250 Å². The van der Waals surface area contributed by atoms with Crippen LogP contribution < -0.4 is 40.2 Å². The van der Waals surface area contributed by atoms with Gasteiger partial charge in [-0.1, -0.05) is 146 Å². The smallest absolute Gasteiger partial charge is 0.202 e. The van der Waals surface area contributed by atoms with E-state index in [-0.39, 0.29) is 22.4 Å². The molecule has 2 aliphatic rings. The lowest BCUT2D eigenvalue weighted by Crippen LogP contribution is -2.27. The van der Waals surface area contributed by atoms with Crippen LogP contribution in [0.5, 0.6) is 23.0 Å². The number of aliphatic imine (C=N–C) groups is 4. The van der Waals surface area contributed by atoms with Crippen LogP contribution in [-0.2, 0) is 0 Å². The Morgan fingerprint density at radius 3 is 0.511 bits per heavy atom. The van der Waals surface area contributed by atoms with Gasteiger partial charge in [0.05, 0.1) is 0 Å². The van der Waals surface area contributed by atoms with Gasteiger partial charge < -0.3 is 40.2 Å². The Morgan fingerprint density at radius 1 is 0.222 bits per heavy atom. The topological polar surface area (TPSA) is 134 Å². The van der Waals surface area contributed by atoms with Gasteiger partial charge in [0.1, 0.15) is 45.4 Å². The molecule has 8 aromatic carbocycles. The molecule has 10 rings (SSSR count). The summed E-state index contributed by atoms with van der Waals surface area (Å²) in [5, 5.41) is 14.2. The quantitative estimate of drug-likeness (QED) is 0.0703. The molecule has 0 saturated carbocycles. The number of amidine groups is 4. The summed E-state index contributed by atoms with van der Waals surface area (Å²) in [7, 11) is 0. The molecule has 0 atom stereocenters. The third kappa shape index (κ3) is 19.3. The predicted molar refractivity (Wildman–Crippen MR) is 380 cm³/mol. The van der Waals surface area contributed by atoms with Crippen molar-refractivity contribution in [1.29, 1.82) is 0 Å². The number of rotatable bonds is 16. The SMILES string of the molecule is CC(C)(C)Oc1ccc(/C=C\c2ccc(NC3=NC(=C4N=C(Nc5ccc(/C=C\c6ccc(OC(C)(C)C)cc6)cc5)C(Nc5ccc(/C=C\c6ccc(OC(C)(C)C)cc6)cc5)=N4)N=C3Nc3ccc(/C=C\c4ccc(OC(C)(C)C)cc4)cc3)cc2)cc1. The van der Waals surface area contributed by atoms with Crippen LogP contribution in [0.2, 0.25) is 0 Å². The van der Waals surface area contributed by atoms with E-state index in [1.165, 1.54) is 0 Å². The van der Waals surface area contributed by atoms with Gasteiger partial charge in [-0.25, -0.2) is 20.0 Å². The number of ether oxygens (including phenoxy) is 4. The maximum absolute atomic E-state index is 6.03. The van der Waals surface area contributed by atoms with Crippen LogP contribution in [0.15, 0.2) is 226 Å². The highest BCUT2D eigenvalue weighted by Gasteiger charge is 2.26. The van der Waals surface area contributed by atoms with E-state index in [4.69, 9.17) is 38.9 Å². The second-order valence-electron chi connectivity index (χ2n) is 25.9. The average molecular weight is 1190 g/mol. The summed E-state index contributed by atoms with van der Waals surface area (Å²) in [4.78, 5) is 20.4. The second kappa shape index (κ2) is 27.3. The van der Waals surface area contributed by atoms with Gasteiger partial charge in [0.15, 0.2) is 23.3 Å². The Labute approximate surface area is 531 Å². The number of hydrogen-bond donors (Lipinski definition) is 4. The third-order valence-electron chi connectivity index (χ3n) is 13.3. The van der Waals surface area contributed by atoms with Crippen molar-refractivity contribution in [2.24, 2.45) is 20.0 Å². The fraction of sp³-hybridized carbons (Fsp3) is 0.205. The molecule has 0 unspecified atom stereocenters. The molecule has 0 spiro atoms. The van der Waals surface area contributed by atoms with Gasteiger partial charge in [-0.3, -0.25) is 0 Å². The first kappa shape index (κ1) is 62.6. The number of nitrogens with one attached hydrogen (secondary N) is 4. The minimum atomic E-state index is -0.267. The van der Waals surface area contributed by atoms with Crippen LogP contribution in [0.25, 0.3) is 48.6 Å². The third-order valence-corrected chi connectivity index (χ3v) is 13.3. The Morgan fingerprint density at radius 2 is 0.367 bits per heavy atom. The van der Waals surface area contributed by atoms with Gasteiger partial charge in [0.25, 0.3) is 0 Å². The predicted octanol–water partition coefficient (Wildman–Crippen LogP) is 19.6. The fourth-order valence-corrected chi connectivity index (χ4v) is 9.26. The maximum Gasteiger partial charge on any atom is 0.202 e. The molecule has 12 heteroatoms. The standard InChI is InChI=1S/C78H80N8O4/c1-75(2,3)87-65-45-29-57(30-46-65)17-13-53-21-37-61(38-22-53)79-69-70(80-62-39-23-54(24-40-62)14-18-58-31-47-66(48-32-58)88-76(4,5)6)84-73(83-69)74-85-71(81-63-41-25-55(26-42-63)15-19-59-33-49-67(50-34-59)89-77(7,8)9)72(86-74)82-64-43-27-56(28-44-64)16-20-60-35-51-68(52-36-60)90-78(10,11)12/h13-52H,1-12H3,(H,79,83)(H,80,84)(H,81,85)(H,82,86)/b17-13-,18-14-,19-15-,20-16-. The van der Waals surface area contributed by atoms with E-state index in [9.17, 15) is 0 Å². The lowest BCUT2D eigenvalue weighted by atomic mass is 10.1. The van der Waals surface area contributed by atoms with Crippen LogP contribution in [-0.4, -0.2) is 45.7 Å². The largest absolute Gasteiger partial charge is 0.488 e. The Bertz CT molecular complexity index is 3520. The first-order valence-electron chi connectivity index (χ1n) is 30.4. The van der Waals surface area contributed by atoms with Crippen molar-refractivity contribution in [2.45, 2.75) is 105 Å². The zero-order chi connectivity index (χ0) is 63.5. The molecule has 8 aromatic rings. The lowest BCUT2D eigenvalue weighted by Gasteiger charge is -2.21. The summed E-state index contributed by atoms with van der Waals surface area (Å²) in [5.41, 5.74) is 10.6. The Kier molecular flexibility index (Phi) is 19.0. The normalized spacial score (nSPS) is 13.8. The van der Waals surface area contributed by atoms with E-state index < -0.39 is 0 Å². The molecule has 0 radical (unpaired) electrons. The molecule has 12 nitrogen and oxygen atoms in total. The highest BCUT2D eigenvalue weighted by molar-refractivity contribution is 6.51. The van der Waals surface area contributed by atoms with Crippen LogP contribution in [0.1, 0.15) is 128 Å². The van der Waals surface area contributed by atoms with Gasteiger partial charge in [-0.15, -0.1) is 0 Å². The van der Waals surface area contributed by atoms with Crippen molar-refractivity contribution in [3.63, 3.8) is 0 Å². The zero-order valence-electron chi connectivity index (χ0n) is 53.5. The maximum atomic E-state index is 6.03. The Hall–Kier alpha value is -10.5. The minimum Gasteiger partial charge on any atom is -0.488 e. The van der Waals surface area contributed by atoms with Crippen LogP contribution in [0.3, 0.4) is 0 Å². The van der Waals surface area contributed by atoms with Crippen molar-refractivity contribution < 1.29 is 18.9 Å². The summed E-state index contributed by atoms with van der Waals surface area (Å²) in [6.45, 7) is 24.5. The summed E-state index contributed by atoms with van der Waals surface area (Å²) < 4.78 is 24.1. The molecule has 2 aliphatic heterocycles. The van der Waals surface area contributed by atoms with Gasteiger partial charge in [-0.05, 0) is 225 Å². The number of benzene rings is 8. The van der Waals surface area contributed by atoms with E-state index in [1.54, 1.807) is 0 Å². The van der Waals surface area contributed by atoms with Crippen LogP contribution in [0.4, 0.5) is 22.7 Å². The summed E-state index contributed by atoms with van der Waals surface area (Å²) >= 11 is 0. The summed E-state index contributed by atoms with van der Waals surface area (Å²) in [6, 6.07) is 65.1. The molecular formula is C78H80N8O4. The molecule has 0 saturated heterocycles. The molecule has 0 bridgehead atoms. The molecule has 2 heterocycles. The molecule has 0 fully saturated rings. The first-order chi connectivity index (χ1) is 42.9. The second-order valence-corrected chi connectivity index (χ2v) is 25.9. The summed E-state index contributed by atoms with van der Waals surface area (Å²) in [6.07, 6.45) is 16.7. The molecule has 90 heavy (non-hydrogen) atoms. The van der Waals surface area contributed by atoms with E-state index in [0.717, 1.165) is 90.3 Å². The highest BCUT2D eigenvalue weighted by Crippen LogP contribution is 2.29. The van der Waals surface area contributed by atoms with Crippen molar-refractivity contribution in [1.82, 2.24) is 0 Å². The fourth-order valence-electron chi connectivity index (χ4n) is 9.26. The lowest BCUT2D eigenvalue weighted by molar-refractivity contribution is 0.130. The molecular weight excluding hydrogens is 1110 g/mol. The summed E-state index contributed by atoms with van der Waals surface area (Å²) in [5.74, 6) is 5.99. The molecule has 456 valence electrons. The van der Waals surface area contributed by atoms with Crippen LogP contribution in [0, 0.1) is 0 Å². The van der Waals surface area contributed by atoms with Gasteiger partial charge in [-0.2, -0.15) is 0 Å². The van der Waals surface area contributed by atoms with Crippen molar-refractivity contribution in [3.8, 4) is 23.0 Å². The molecule has 0 aliphatic carbocycles. The van der Waals surface area contributed by atoms with Crippen molar-refractivity contribution in [2.75, 3.05) is 21.3 Å².